The predicted molar refractivity (Wildman–Crippen MR) is 62.8 cm³/mol. The molecule has 2 aromatic heterocycles. The van der Waals surface area contributed by atoms with Crippen molar-refractivity contribution in [3.8, 4) is 0 Å². The van der Waals surface area contributed by atoms with Crippen molar-refractivity contribution in [3.63, 3.8) is 0 Å². The number of aliphatic hydroxyl groups is 1. The fourth-order valence-corrected chi connectivity index (χ4v) is 1.71. The number of halogens is 1. The van der Waals surface area contributed by atoms with E-state index in [1.54, 1.807) is 10.6 Å². The van der Waals surface area contributed by atoms with Gasteiger partial charge in [-0.2, -0.15) is 5.10 Å². The Morgan fingerprint density at radius 3 is 2.75 bits per heavy atom. The monoisotopic (exact) mass is 239 g/mol. The van der Waals surface area contributed by atoms with Crippen LogP contribution in [0.4, 0.5) is 0 Å². The number of hydrogen-bond acceptors (Lipinski definition) is 3. The number of aliphatic hydroxyl groups excluding tert-OH is 1. The first-order valence-corrected chi connectivity index (χ1v) is 5.46. The molecule has 0 spiro atoms. The molecule has 0 unspecified atom stereocenters. The first kappa shape index (κ1) is 11.4. The van der Waals surface area contributed by atoms with Crippen LogP contribution in [0.25, 0.3) is 5.65 Å². The second-order valence-electron chi connectivity index (χ2n) is 4.56. The Balaban J connectivity index is 2.66. The fraction of sp³-hybridized carbons (Fsp3) is 0.455. The van der Waals surface area contributed by atoms with E-state index in [2.05, 4.69) is 10.1 Å². The quantitative estimate of drug-likeness (QED) is 0.816. The largest absolute Gasteiger partial charge is 0.395 e. The first-order valence-electron chi connectivity index (χ1n) is 5.08. The molecule has 0 amide bonds. The summed E-state index contributed by atoms with van der Waals surface area (Å²) in [5.74, 6) is 0. The van der Waals surface area contributed by atoms with Crippen LogP contribution in [0.15, 0.2) is 12.1 Å². The Hall–Kier alpha value is -1.13. The molecule has 0 aromatic carbocycles. The van der Waals surface area contributed by atoms with E-state index < -0.39 is 5.41 Å². The van der Waals surface area contributed by atoms with Crippen molar-refractivity contribution in [1.82, 2.24) is 14.6 Å². The third kappa shape index (κ3) is 1.79. The zero-order valence-electron chi connectivity index (χ0n) is 9.53. The van der Waals surface area contributed by atoms with Crippen LogP contribution in [0, 0.1) is 6.92 Å². The molecule has 1 N–H and O–H groups in total. The summed E-state index contributed by atoms with van der Waals surface area (Å²) in [4.78, 5) is 4.46. The normalized spacial score (nSPS) is 12.3. The van der Waals surface area contributed by atoms with Gasteiger partial charge in [0, 0.05) is 11.5 Å². The second-order valence-corrected chi connectivity index (χ2v) is 4.95. The topological polar surface area (TPSA) is 50.4 Å². The maximum absolute atomic E-state index is 9.31. The molecule has 4 nitrogen and oxygen atoms in total. The van der Waals surface area contributed by atoms with Crippen LogP contribution in [-0.2, 0) is 5.41 Å². The molecule has 0 atom stereocenters. The van der Waals surface area contributed by atoms with Crippen molar-refractivity contribution >= 4 is 17.2 Å². The molecule has 16 heavy (non-hydrogen) atoms. The molecular formula is C11H14ClN3O. The smallest absolute Gasteiger partial charge is 0.157 e. The van der Waals surface area contributed by atoms with Crippen molar-refractivity contribution in [2.24, 2.45) is 0 Å². The minimum atomic E-state index is -0.399. The summed E-state index contributed by atoms with van der Waals surface area (Å²) in [5.41, 5.74) is 1.95. The standard InChI is InChI=1S/C11H14ClN3O/c1-7-4-10-13-8(11(2,3)6-16)5-9(12)15(10)14-7/h4-5,16H,6H2,1-3H3. The van der Waals surface area contributed by atoms with Crippen LogP contribution in [0.5, 0.6) is 0 Å². The maximum atomic E-state index is 9.31. The number of aromatic nitrogens is 3. The van der Waals surface area contributed by atoms with Gasteiger partial charge in [0.2, 0.25) is 0 Å². The fourth-order valence-electron chi connectivity index (χ4n) is 1.48. The number of nitrogens with zero attached hydrogens (tertiary/aromatic N) is 3. The van der Waals surface area contributed by atoms with Gasteiger partial charge in [0.15, 0.2) is 5.65 Å². The molecule has 0 bridgehead atoms. The van der Waals surface area contributed by atoms with Gasteiger partial charge in [0.05, 0.1) is 18.0 Å². The summed E-state index contributed by atoms with van der Waals surface area (Å²) in [6, 6.07) is 3.61. The van der Waals surface area contributed by atoms with Crippen LogP contribution < -0.4 is 0 Å². The number of rotatable bonds is 2. The molecular weight excluding hydrogens is 226 g/mol. The Bertz CT molecular complexity index is 533. The van der Waals surface area contributed by atoms with Crippen molar-refractivity contribution in [1.29, 1.82) is 0 Å². The highest BCUT2D eigenvalue weighted by atomic mass is 35.5. The molecule has 86 valence electrons. The predicted octanol–water partition coefficient (Wildman–Crippen LogP) is 1.96. The Morgan fingerprint density at radius 2 is 2.12 bits per heavy atom. The van der Waals surface area contributed by atoms with Crippen molar-refractivity contribution in [2.45, 2.75) is 26.2 Å². The van der Waals surface area contributed by atoms with Crippen LogP contribution in [-0.4, -0.2) is 26.3 Å². The van der Waals surface area contributed by atoms with E-state index in [4.69, 9.17) is 11.6 Å². The lowest BCUT2D eigenvalue weighted by Gasteiger charge is -2.21. The third-order valence-electron chi connectivity index (χ3n) is 2.59. The lowest BCUT2D eigenvalue weighted by Crippen LogP contribution is -2.24. The summed E-state index contributed by atoms with van der Waals surface area (Å²) in [5, 5.41) is 14.0. The van der Waals surface area contributed by atoms with Crippen molar-refractivity contribution < 1.29 is 5.11 Å². The molecule has 2 heterocycles. The highest BCUT2D eigenvalue weighted by Gasteiger charge is 2.22. The van der Waals surface area contributed by atoms with Crippen LogP contribution in [0.3, 0.4) is 0 Å². The van der Waals surface area contributed by atoms with E-state index in [1.807, 2.05) is 26.8 Å². The van der Waals surface area contributed by atoms with Gasteiger partial charge < -0.3 is 5.11 Å². The third-order valence-corrected chi connectivity index (χ3v) is 2.86. The molecule has 2 aromatic rings. The Kier molecular flexibility index (Phi) is 2.64. The van der Waals surface area contributed by atoms with E-state index >= 15 is 0 Å². The molecule has 0 aliphatic carbocycles. The van der Waals surface area contributed by atoms with E-state index in [-0.39, 0.29) is 6.61 Å². The van der Waals surface area contributed by atoms with Crippen LogP contribution >= 0.6 is 11.6 Å². The summed E-state index contributed by atoms with van der Waals surface area (Å²) in [6.07, 6.45) is 0. The molecule has 0 aliphatic heterocycles. The van der Waals surface area contributed by atoms with Gasteiger partial charge in [-0.15, -0.1) is 0 Å². The van der Waals surface area contributed by atoms with Gasteiger partial charge in [0.1, 0.15) is 5.15 Å². The molecule has 0 radical (unpaired) electrons. The van der Waals surface area contributed by atoms with Crippen LogP contribution in [0.1, 0.15) is 25.2 Å². The summed E-state index contributed by atoms with van der Waals surface area (Å²) < 4.78 is 1.59. The summed E-state index contributed by atoms with van der Waals surface area (Å²) >= 11 is 6.12. The summed E-state index contributed by atoms with van der Waals surface area (Å²) in [7, 11) is 0. The molecule has 0 saturated carbocycles. The maximum Gasteiger partial charge on any atom is 0.157 e. The van der Waals surface area contributed by atoms with E-state index in [0.29, 0.717) is 10.8 Å². The SMILES string of the molecule is Cc1cc2nc(C(C)(C)CO)cc(Cl)n2n1. The van der Waals surface area contributed by atoms with Gasteiger partial charge in [-0.1, -0.05) is 25.4 Å². The number of hydrogen-bond donors (Lipinski definition) is 1. The zero-order valence-corrected chi connectivity index (χ0v) is 10.3. The lowest BCUT2D eigenvalue weighted by atomic mass is 9.90. The number of aryl methyl sites for hydroxylation is 1. The molecule has 0 aliphatic rings. The molecule has 0 fully saturated rings. The Labute approximate surface area is 98.9 Å². The molecule has 2 rings (SSSR count). The minimum Gasteiger partial charge on any atom is -0.395 e. The molecule has 5 heteroatoms. The van der Waals surface area contributed by atoms with Gasteiger partial charge in [-0.3, -0.25) is 0 Å². The van der Waals surface area contributed by atoms with Gasteiger partial charge in [0.25, 0.3) is 0 Å². The van der Waals surface area contributed by atoms with E-state index in [1.165, 1.54) is 0 Å². The summed E-state index contributed by atoms with van der Waals surface area (Å²) in [6.45, 7) is 5.76. The zero-order chi connectivity index (χ0) is 11.9. The van der Waals surface area contributed by atoms with Gasteiger partial charge in [-0.05, 0) is 13.0 Å². The minimum absolute atomic E-state index is 0.0274. The Morgan fingerprint density at radius 1 is 1.44 bits per heavy atom. The van der Waals surface area contributed by atoms with Crippen molar-refractivity contribution in [2.75, 3.05) is 6.61 Å². The highest BCUT2D eigenvalue weighted by Crippen LogP contribution is 2.24. The van der Waals surface area contributed by atoms with Crippen LogP contribution in [0.2, 0.25) is 5.15 Å². The van der Waals surface area contributed by atoms with Crippen molar-refractivity contribution in [3.05, 3.63) is 28.7 Å². The second kappa shape index (κ2) is 3.71. The number of fused-ring (bicyclic) bond motifs is 1. The van der Waals surface area contributed by atoms with E-state index in [0.717, 1.165) is 11.4 Å². The van der Waals surface area contributed by atoms with E-state index in [9.17, 15) is 5.11 Å². The van der Waals surface area contributed by atoms with Gasteiger partial charge >= 0.3 is 0 Å². The average Bonchev–Trinajstić information content (AvgIpc) is 2.59. The highest BCUT2D eigenvalue weighted by molar-refractivity contribution is 6.29. The molecule has 0 saturated heterocycles. The van der Waals surface area contributed by atoms with Gasteiger partial charge in [-0.25, -0.2) is 9.50 Å². The first-order chi connectivity index (χ1) is 7.44. The lowest BCUT2D eigenvalue weighted by molar-refractivity contribution is 0.215. The average molecular weight is 240 g/mol.